The van der Waals surface area contributed by atoms with Crippen LogP contribution in [0.3, 0.4) is 0 Å². The highest BCUT2D eigenvalue weighted by Gasteiger charge is 2.38. The molecule has 11 aromatic rings. The molecule has 0 radical (unpaired) electrons. The first kappa shape index (κ1) is 31.4. The molecule has 0 fully saturated rings. The van der Waals surface area contributed by atoms with Gasteiger partial charge in [-0.2, -0.15) is 0 Å². The predicted molar refractivity (Wildman–Crippen MR) is 238 cm³/mol. The van der Waals surface area contributed by atoms with E-state index >= 15 is 0 Å². The van der Waals surface area contributed by atoms with Crippen LogP contribution in [0, 0.1) is 0 Å². The Hall–Kier alpha value is -6.96. The summed E-state index contributed by atoms with van der Waals surface area (Å²) in [6.45, 7) is 4.71. The topological polar surface area (TPSA) is 13.1 Å². The van der Waals surface area contributed by atoms with Crippen LogP contribution in [0.4, 0.5) is 0 Å². The van der Waals surface area contributed by atoms with Crippen molar-refractivity contribution < 1.29 is 4.42 Å². The Morgan fingerprint density at radius 2 is 0.929 bits per heavy atom. The molecule has 0 bridgehead atoms. The second-order valence-corrected chi connectivity index (χ2v) is 15.9. The molecule has 1 heterocycles. The third-order valence-electron chi connectivity index (χ3n) is 12.7. The molecule has 1 aliphatic carbocycles. The average molecular weight is 713 g/mol. The maximum absolute atomic E-state index is 6.88. The lowest BCUT2D eigenvalue weighted by molar-refractivity contribution is 0.653. The minimum atomic E-state index is -0.167. The monoisotopic (exact) mass is 712 g/mol. The van der Waals surface area contributed by atoms with Crippen LogP contribution in [0.1, 0.15) is 25.0 Å². The van der Waals surface area contributed by atoms with Crippen molar-refractivity contribution in [2.24, 2.45) is 0 Å². The van der Waals surface area contributed by atoms with Crippen LogP contribution in [0.15, 0.2) is 186 Å². The van der Waals surface area contributed by atoms with Gasteiger partial charge in [0.05, 0.1) is 0 Å². The summed E-state index contributed by atoms with van der Waals surface area (Å²) in [6.07, 6.45) is 0. The molecule has 0 N–H and O–H groups in total. The van der Waals surface area contributed by atoms with Crippen LogP contribution in [0.25, 0.3) is 110 Å². The zero-order chi connectivity index (χ0) is 37.1. The summed E-state index contributed by atoms with van der Waals surface area (Å²) in [5.41, 5.74) is 14.4. The molecule has 0 spiro atoms. The van der Waals surface area contributed by atoms with E-state index in [2.05, 4.69) is 196 Å². The molecule has 0 saturated carbocycles. The molecular formula is C55H36O. The minimum Gasteiger partial charge on any atom is -0.455 e. The lowest BCUT2D eigenvalue weighted by Gasteiger charge is -2.22. The molecule has 0 unspecified atom stereocenters. The Morgan fingerprint density at radius 3 is 1.64 bits per heavy atom. The molecule has 262 valence electrons. The number of furan rings is 1. The lowest BCUT2D eigenvalue weighted by Crippen LogP contribution is -2.14. The third-order valence-corrected chi connectivity index (χ3v) is 12.7. The second-order valence-electron chi connectivity index (χ2n) is 15.9. The molecule has 56 heavy (non-hydrogen) atoms. The molecule has 1 aliphatic rings. The highest BCUT2D eigenvalue weighted by Crippen LogP contribution is 2.55. The van der Waals surface area contributed by atoms with Crippen molar-refractivity contribution in [2.45, 2.75) is 19.3 Å². The van der Waals surface area contributed by atoms with E-state index in [0.29, 0.717) is 0 Å². The van der Waals surface area contributed by atoms with Crippen molar-refractivity contribution in [3.05, 3.63) is 193 Å². The Balaban J connectivity index is 1.13. The van der Waals surface area contributed by atoms with Crippen LogP contribution < -0.4 is 0 Å². The van der Waals surface area contributed by atoms with Crippen molar-refractivity contribution in [2.75, 3.05) is 0 Å². The largest absolute Gasteiger partial charge is 0.455 e. The fourth-order valence-electron chi connectivity index (χ4n) is 10.1. The normalized spacial score (nSPS) is 13.3. The first-order chi connectivity index (χ1) is 27.6. The van der Waals surface area contributed by atoms with Crippen molar-refractivity contribution in [1.29, 1.82) is 0 Å². The Morgan fingerprint density at radius 1 is 0.357 bits per heavy atom. The number of fused-ring (bicyclic) bond motifs is 12. The predicted octanol–water partition coefficient (Wildman–Crippen LogP) is 15.5. The highest BCUT2D eigenvalue weighted by molar-refractivity contribution is 6.25. The summed E-state index contributed by atoms with van der Waals surface area (Å²) in [4.78, 5) is 0. The van der Waals surface area contributed by atoms with Gasteiger partial charge in [0.2, 0.25) is 0 Å². The van der Waals surface area contributed by atoms with Gasteiger partial charge in [0.25, 0.3) is 0 Å². The summed E-state index contributed by atoms with van der Waals surface area (Å²) in [5.74, 6) is 0. The van der Waals surface area contributed by atoms with E-state index in [9.17, 15) is 0 Å². The average Bonchev–Trinajstić information content (AvgIpc) is 3.75. The smallest absolute Gasteiger partial charge is 0.143 e. The Kier molecular flexibility index (Phi) is 6.46. The third kappa shape index (κ3) is 4.26. The van der Waals surface area contributed by atoms with Crippen LogP contribution in [-0.2, 0) is 5.41 Å². The van der Waals surface area contributed by atoms with Gasteiger partial charge in [-0.05, 0) is 105 Å². The van der Waals surface area contributed by atoms with Gasteiger partial charge >= 0.3 is 0 Å². The van der Waals surface area contributed by atoms with Gasteiger partial charge in [-0.3, -0.25) is 0 Å². The van der Waals surface area contributed by atoms with Crippen molar-refractivity contribution >= 4 is 65.0 Å². The molecule has 0 atom stereocenters. The van der Waals surface area contributed by atoms with E-state index in [1.807, 2.05) is 0 Å². The SMILES string of the molecule is CC1(C)c2ccc(-c3c4ccccc4c(-c4ccc(-c5ccccc5)c5ccccc45)c4ccccc34)cc2-c2c1ccc1c2oc2ccc3ccccc3c21. The van der Waals surface area contributed by atoms with Crippen molar-refractivity contribution in [3.8, 4) is 44.5 Å². The lowest BCUT2D eigenvalue weighted by atomic mass is 9.81. The highest BCUT2D eigenvalue weighted by atomic mass is 16.3. The number of hydrogen-bond donors (Lipinski definition) is 0. The molecule has 0 aliphatic heterocycles. The van der Waals surface area contributed by atoms with Crippen LogP contribution in [0.5, 0.6) is 0 Å². The molecular weight excluding hydrogens is 677 g/mol. The van der Waals surface area contributed by atoms with E-state index in [1.165, 1.54) is 109 Å². The second kappa shape index (κ2) is 11.5. The molecule has 1 nitrogen and oxygen atoms in total. The Bertz CT molecular complexity index is 3380. The summed E-state index contributed by atoms with van der Waals surface area (Å²) in [6, 6.07) is 67.1. The van der Waals surface area contributed by atoms with E-state index < -0.39 is 0 Å². The van der Waals surface area contributed by atoms with Gasteiger partial charge in [0.15, 0.2) is 0 Å². The molecule has 0 amide bonds. The van der Waals surface area contributed by atoms with E-state index in [0.717, 1.165) is 11.2 Å². The fourth-order valence-corrected chi connectivity index (χ4v) is 10.1. The standard InChI is InChI=1S/C55H36O/c1-55(2)47-29-24-35(32-46(47)53-48(55)30-28-45-52-37-17-7-6-16-34(37)25-31-49(52)56-54(45)53)50-40-20-10-12-22-42(40)51(43-23-13-11-21-41(43)50)44-27-26-36(33-14-4-3-5-15-33)38-18-8-9-19-39(38)44/h3-32H,1-2H3. The molecule has 1 heteroatoms. The van der Waals surface area contributed by atoms with Crippen molar-refractivity contribution in [3.63, 3.8) is 0 Å². The maximum atomic E-state index is 6.88. The zero-order valence-electron chi connectivity index (χ0n) is 31.2. The minimum absolute atomic E-state index is 0.167. The summed E-state index contributed by atoms with van der Waals surface area (Å²) in [7, 11) is 0. The van der Waals surface area contributed by atoms with Gasteiger partial charge in [-0.25, -0.2) is 0 Å². The summed E-state index contributed by atoms with van der Waals surface area (Å²) in [5, 5.41) is 12.4. The number of rotatable bonds is 3. The fraction of sp³-hybridized carbons (Fsp3) is 0.0545. The van der Waals surface area contributed by atoms with Crippen LogP contribution in [0.2, 0.25) is 0 Å². The van der Waals surface area contributed by atoms with Crippen molar-refractivity contribution in [1.82, 2.24) is 0 Å². The van der Waals surface area contributed by atoms with Gasteiger partial charge in [0.1, 0.15) is 11.2 Å². The molecule has 1 aromatic heterocycles. The quantitative estimate of drug-likeness (QED) is 0.166. The zero-order valence-corrected chi connectivity index (χ0v) is 31.2. The van der Waals surface area contributed by atoms with E-state index in [1.54, 1.807) is 0 Å². The van der Waals surface area contributed by atoms with E-state index in [-0.39, 0.29) is 5.41 Å². The molecule has 0 saturated heterocycles. The van der Waals surface area contributed by atoms with Gasteiger partial charge in [-0.1, -0.05) is 184 Å². The van der Waals surface area contributed by atoms with Gasteiger partial charge in [0, 0.05) is 21.8 Å². The maximum Gasteiger partial charge on any atom is 0.143 e. The van der Waals surface area contributed by atoms with Gasteiger partial charge < -0.3 is 4.42 Å². The van der Waals surface area contributed by atoms with Crippen LogP contribution >= 0.6 is 0 Å². The molecule has 12 rings (SSSR count). The van der Waals surface area contributed by atoms with E-state index in [4.69, 9.17) is 4.42 Å². The van der Waals surface area contributed by atoms with Gasteiger partial charge in [-0.15, -0.1) is 0 Å². The first-order valence-electron chi connectivity index (χ1n) is 19.6. The number of benzene rings is 10. The first-order valence-corrected chi connectivity index (χ1v) is 19.6. The molecule has 10 aromatic carbocycles. The van der Waals surface area contributed by atoms with Crippen LogP contribution in [-0.4, -0.2) is 0 Å². The summed E-state index contributed by atoms with van der Waals surface area (Å²) < 4.78 is 6.88. The summed E-state index contributed by atoms with van der Waals surface area (Å²) >= 11 is 0. The Labute approximate surface area is 325 Å². The number of hydrogen-bond acceptors (Lipinski definition) is 1.